The monoisotopic (exact) mass is 251 g/mol. The molecule has 1 nitrogen and oxygen atoms in total. The number of aryl methyl sites for hydroxylation is 2. The lowest BCUT2D eigenvalue weighted by molar-refractivity contribution is 0.429. The van der Waals surface area contributed by atoms with Crippen molar-refractivity contribution in [3.05, 3.63) is 34.6 Å². The van der Waals surface area contributed by atoms with Gasteiger partial charge in [0.15, 0.2) is 0 Å². The second-order valence-corrected chi connectivity index (χ2v) is 5.60. The quantitative estimate of drug-likeness (QED) is 0.783. The van der Waals surface area contributed by atoms with Gasteiger partial charge < -0.3 is 5.32 Å². The Balaban J connectivity index is 2.96. The topological polar surface area (TPSA) is 12.0 Å². The van der Waals surface area contributed by atoms with Gasteiger partial charge >= 0.3 is 0 Å². The van der Waals surface area contributed by atoms with Crippen LogP contribution in [0.2, 0.25) is 0 Å². The predicted octanol–water partition coefficient (Wildman–Crippen LogP) is 4.53. The van der Waals surface area contributed by atoms with Crippen molar-refractivity contribution in [1.29, 1.82) is 0 Å². The van der Waals surface area contributed by atoms with E-state index in [4.69, 9.17) is 0 Å². The molecule has 0 radical (unpaired) electrons. The third-order valence-electron chi connectivity index (χ3n) is 3.21. The molecule has 0 aliphatic heterocycles. The maximum atomic E-state index is 13.7. The van der Waals surface area contributed by atoms with E-state index in [2.05, 4.69) is 26.1 Å². The van der Waals surface area contributed by atoms with E-state index in [1.165, 1.54) is 5.56 Å². The van der Waals surface area contributed by atoms with Crippen molar-refractivity contribution >= 4 is 0 Å². The molecule has 0 aliphatic rings. The molecule has 0 aromatic heterocycles. The van der Waals surface area contributed by atoms with Crippen LogP contribution in [-0.4, -0.2) is 6.54 Å². The predicted molar refractivity (Wildman–Crippen MR) is 76.4 cm³/mol. The summed E-state index contributed by atoms with van der Waals surface area (Å²) in [5.41, 5.74) is 2.71. The SMILES string of the molecule is CCCNC(CC(C)C)c1cc(C)c(F)c(C)c1. The molecule has 1 atom stereocenters. The minimum absolute atomic E-state index is 0.0717. The highest BCUT2D eigenvalue weighted by Gasteiger charge is 2.15. The Labute approximate surface area is 111 Å². The first-order valence-electron chi connectivity index (χ1n) is 6.95. The van der Waals surface area contributed by atoms with Gasteiger partial charge in [0.25, 0.3) is 0 Å². The van der Waals surface area contributed by atoms with Crippen LogP contribution in [-0.2, 0) is 0 Å². The van der Waals surface area contributed by atoms with Crippen molar-refractivity contribution < 1.29 is 4.39 Å². The highest BCUT2D eigenvalue weighted by atomic mass is 19.1. The summed E-state index contributed by atoms with van der Waals surface area (Å²) in [6.45, 7) is 11.3. The Morgan fingerprint density at radius 2 is 1.72 bits per heavy atom. The van der Waals surface area contributed by atoms with Crippen LogP contribution >= 0.6 is 0 Å². The smallest absolute Gasteiger partial charge is 0.129 e. The molecule has 0 saturated heterocycles. The molecule has 0 heterocycles. The van der Waals surface area contributed by atoms with E-state index in [-0.39, 0.29) is 5.82 Å². The first kappa shape index (κ1) is 15.2. The third kappa shape index (κ3) is 4.09. The fourth-order valence-electron chi connectivity index (χ4n) is 2.31. The first-order valence-corrected chi connectivity index (χ1v) is 6.95. The van der Waals surface area contributed by atoms with Gasteiger partial charge in [-0.05, 0) is 55.8 Å². The number of halogens is 1. The first-order chi connectivity index (χ1) is 8.45. The molecular weight excluding hydrogens is 225 g/mol. The molecule has 0 spiro atoms. The molecule has 18 heavy (non-hydrogen) atoms. The van der Waals surface area contributed by atoms with Crippen molar-refractivity contribution in [3.8, 4) is 0 Å². The van der Waals surface area contributed by atoms with E-state index in [9.17, 15) is 4.39 Å². The van der Waals surface area contributed by atoms with Crippen LogP contribution in [0.5, 0.6) is 0 Å². The van der Waals surface area contributed by atoms with E-state index in [0.717, 1.165) is 30.5 Å². The normalized spacial score (nSPS) is 13.1. The molecule has 1 aromatic carbocycles. The van der Waals surface area contributed by atoms with E-state index in [1.54, 1.807) is 0 Å². The maximum Gasteiger partial charge on any atom is 0.129 e. The van der Waals surface area contributed by atoms with Gasteiger partial charge in [0.1, 0.15) is 5.82 Å². The Hall–Kier alpha value is -0.890. The van der Waals surface area contributed by atoms with Crippen molar-refractivity contribution in [2.45, 2.75) is 53.5 Å². The van der Waals surface area contributed by atoms with Gasteiger partial charge in [-0.3, -0.25) is 0 Å². The van der Waals surface area contributed by atoms with Crippen LogP contribution in [0.15, 0.2) is 12.1 Å². The van der Waals surface area contributed by atoms with Gasteiger partial charge in [0.2, 0.25) is 0 Å². The zero-order chi connectivity index (χ0) is 13.7. The van der Waals surface area contributed by atoms with Crippen molar-refractivity contribution in [1.82, 2.24) is 5.32 Å². The van der Waals surface area contributed by atoms with Gasteiger partial charge in [0.05, 0.1) is 0 Å². The Bertz CT molecular complexity index is 362. The summed E-state index contributed by atoms with van der Waals surface area (Å²) in [7, 11) is 0. The highest BCUT2D eigenvalue weighted by molar-refractivity contribution is 5.32. The fraction of sp³-hybridized carbons (Fsp3) is 0.625. The van der Waals surface area contributed by atoms with Crippen LogP contribution in [0.3, 0.4) is 0 Å². The zero-order valence-electron chi connectivity index (χ0n) is 12.3. The lowest BCUT2D eigenvalue weighted by Crippen LogP contribution is -2.24. The van der Waals surface area contributed by atoms with E-state index in [0.29, 0.717) is 12.0 Å². The highest BCUT2D eigenvalue weighted by Crippen LogP contribution is 2.25. The standard InChI is InChI=1S/C16H26FN/c1-6-7-18-15(8-11(2)3)14-9-12(4)16(17)13(5)10-14/h9-11,15,18H,6-8H2,1-5H3. The van der Waals surface area contributed by atoms with Crippen LogP contribution in [0.4, 0.5) is 4.39 Å². The summed E-state index contributed by atoms with van der Waals surface area (Å²) in [4.78, 5) is 0. The number of hydrogen-bond acceptors (Lipinski definition) is 1. The van der Waals surface area contributed by atoms with Gasteiger partial charge in [-0.15, -0.1) is 0 Å². The second-order valence-electron chi connectivity index (χ2n) is 5.60. The molecule has 2 heteroatoms. The van der Waals surface area contributed by atoms with E-state index >= 15 is 0 Å². The molecule has 1 unspecified atom stereocenters. The molecule has 102 valence electrons. The van der Waals surface area contributed by atoms with Crippen LogP contribution < -0.4 is 5.32 Å². The average molecular weight is 251 g/mol. The molecule has 0 bridgehead atoms. The van der Waals surface area contributed by atoms with Gasteiger partial charge in [-0.1, -0.05) is 32.9 Å². The van der Waals surface area contributed by atoms with Crippen molar-refractivity contribution in [3.63, 3.8) is 0 Å². The molecule has 0 saturated carbocycles. The third-order valence-corrected chi connectivity index (χ3v) is 3.21. The average Bonchev–Trinajstić information content (AvgIpc) is 2.30. The molecule has 0 fully saturated rings. The number of benzene rings is 1. The Morgan fingerprint density at radius 1 is 1.17 bits per heavy atom. The lowest BCUT2D eigenvalue weighted by Gasteiger charge is -2.22. The summed E-state index contributed by atoms with van der Waals surface area (Å²) >= 11 is 0. The van der Waals surface area contributed by atoms with Gasteiger partial charge in [0, 0.05) is 6.04 Å². The summed E-state index contributed by atoms with van der Waals surface area (Å²) in [5.74, 6) is 0.558. The second kappa shape index (κ2) is 6.89. The van der Waals surface area contributed by atoms with E-state index < -0.39 is 0 Å². The minimum Gasteiger partial charge on any atom is -0.310 e. The van der Waals surface area contributed by atoms with Crippen molar-refractivity contribution in [2.24, 2.45) is 5.92 Å². The number of nitrogens with one attached hydrogen (secondary N) is 1. The largest absolute Gasteiger partial charge is 0.310 e. The van der Waals surface area contributed by atoms with Crippen LogP contribution in [0, 0.1) is 25.6 Å². The molecule has 1 N–H and O–H groups in total. The number of rotatable bonds is 6. The van der Waals surface area contributed by atoms with Crippen molar-refractivity contribution in [2.75, 3.05) is 6.54 Å². The van der Waals surface area contributed by atoms with Crippen LogP contribution in [0.1, 0.15) is 56.3 Å². The summed E-state index contributed by atoms with van der Waals surface area (Å²) < 4.78 is 13.7. The van der Waals surface area contributed by atoms with Gasteiger partial charge in [-0.25, -0.2) is 4.39 Å². The zero-order valence-corrected chi connectivity index (χ0v) is 12.3. The summed E-state index contributed by atoms with van der Waals surface area (Å²) in [6.07, 6.45) is 2.21. The lowest BCUT2D eigenvalue weighted by atomic mass is 9.94. The Morgan fingerprint density at radius 3 is 2.17 bits per heavy atom. The molecule has 1 aromatic rings. The summed E-state index contributed by atoms with van der Waals surface area (Å²) in [6, 6.07) is 4.30. The molecular formula is C16H26FN. The maximum absolute atomic E-state index is 13.7. The number of hydrogen-bond donors (Lipinski definition) is 1. The van der Waals surface area contributed by atoms with E-state index in [1.807, 2.05) is 26.0 Å². The minimum atomic E-state index is -0.0717. The molecule has 0 aliphatic carbocycles. The fourth-order valence-corrected chi connectivity index (χ4v) is 2.31. The molecule has 1 rings (SSSR count). The summed E-state index contributed by atoms with van der Waals surface area (Å²) in [5, 5.41) is 3.57. The van der Waals surface area contributed by atoms with Gasteiger partial charge in [-0.2, -0.15) is 0 Å². The molecule has 0 amide bonds. The van der Waals surface area contributed by atoms with Crippen LogP contribution in [0.25, 0.3) is 0 Å². The Kier molecular flexibility index (Phi) is 5.80.